The molecule has 1 aromatic heterocycles. The number of amides is 2. The van der Waals surface area contributed by atoms with Gasteiger partial charge >= 0.3 is 6.09 Å². The summed E-state index contributed by atoms with van der Waals surface area (Å²) in [5.41, 5.74) is 0.636. The lowest BCUT2D eigenvalue weighted by Crippen LogP contribution is -2.49. The molecule has 1 aromatic carbocycles. The van der Waals surface area contributed by atoms with Gasteiger partial charge in [-0.3, -0.25) is 4.79 Å². The highest BCUT2D eigenvalue weighted by molar-refractivity contribution is 5.86. The number of hydrogen-bond acceptors (Lipinski definition) is 5. The van der Waals surface area contributed by atoms with E-state index >= 15 is 0 Å². The summed E-state index contributed by atoms with van der Waals surface area (Å²) in [6, 6.07) is 6.74. The Kier molecular flexibility index (Phi) is 5.68. The number of benzene rings is 1. The van der Waals surface area contributed by atoms with E-state index in [9.17, 15) is 9.59 Å². The molecular formula is C17H22N2O5. The maximum atomic E-state index is 12.3. The molecule has 0 aliphatic heterocycles. The summed E-state index contributed by atoms with van der Waals surface area (Å²) in [5, 5.41) is 6.18. The standard InChI is InChI=1S/C17H22N2O5/c1-10(2)14(19-17(21)23-4)16(20)18-9-12-8-11-6-5-7-13(22-3)15(11)24-12/h5-8,10,14H,9H2,1-4H3,(H,18,20)(H,19,21)/t14-/m0/s1. The molecule has 1 atom stereocenters. The molecule has 24 heavy (non-hydrogen) atoms. The fourth-order valence-electron chi connectivity index (χ4n) is 2.34. The molecule has 130 valence electrons. The summed E-state index contributed by atoms with van der Waals surface area (Å²) in [4.78, 5) is 23.6. The molecule has 0 aliphatic carbocycles. The molecule has 0 spiro atoms. The Bertz CT molecular complexity index is 723. The van der Waals surface area contributed by atoms with Crippen molar-refractivity contribution in [3.05, 3.63) is 30.0 Å². The fourth-order valence-corrected chi connectivity index (χ4v) is 2.34. The zero-order valence-corrected chi connectivity index (χ0v) is 14.2. The van der Waals surface area contributed by atoms with Crippen LogP contribution in [0.3, 0.4) is 0 Å². The molecule has 0 fully saturated rings. The smallest absolute Gasteiger partial charge is 0.407 e. The van der Waals surface area contributed by atoms with E-state index in [1.54, 1.807) is 7.11 Å². The van der Waals surface area contributed by atoms with Crippen LogP contribution in [-0.2, 0) is 16.1 Å². The Labute approximate surface area is 140 Å². The van der Waals surface area contributed by atoms with Crippen molar-refractivity contribution in [3.8, 4) is 5.75 Å². The van der Waals surface area contributed by atoms with E-state index in [0.29, 0.717) is 17.1 Å². The quantitative estimate of drug-likeness (QED) is 0.847. The molecule has 7 heteroatoms. The van der Waals surface area contributed by atoms with E-state index in [0.717, 1.165) is 5.39 Å². The van der Waals surface area contributed by atoms with Gasteiger partial charge in [0, 0.05) is 5.39 Å². The predicted octanol–water partition coefficient (Wildman–Crippen LogP) is 2.44. The SMILES string of the molecule is COC(=O)N[C@H](C(=O)NCc1cc2cccc(OC)c2o1)C(C)C. The van der Waals surface area contributed by atoms with E-state index in [4.69, 9.17) is 9.15 Å². The molecule has 0 unspecified atom stereocenters. The first-order valence-electron chi connectivity index (χ1n) is 7.64. The minimum atomic E-state index is -0.684. The zero-order chi connectivity index (χ0) is 17.7. The Balaban J connectivity index is 2.06. The lowest BCUT2D eigenvalue weighted by atomic mass is 10.0. The van der Waals surface area contributed by atoms with Crippen LogP contribution in [0.1, 0.15) is 19.6 Å². The molecule has 0 bridgehead atoms. The van der Waals surface area contributed by atoms with Crippen LogP contribution in [0.15, 0.2) is 28.7 Å². The summed E-state index contributed by atoms with van der Waals surface area (Å²) >= 11 is 0. The van der Waals surface area contributed by atoms with Gasteiger partial charge in [0.15, 0.2) is 11.3 Å². The van der Waals surface area contributed by atoms with Gasteiger partial charge in [0.25, 0.3) is 0 Å². The van der Waals surface area contributed by atoms with E-state index < -0.39 is 12.1 Å². The number of rotatable bonds is 6. The average molecular weight is 334 g/mol. The number of carbonyl (C=O) groups is 2. The fraction of sp³-hybridized carbons (Fsp3) is 0.412. The highest BCUT2D eigenvalue weighted by Gasteiger charge is 2.24. The number of hydrogen-bond donors (Lipinski definition) is 2. The van der Waals surface area contributed by atoms with Gasteiger partial charge in [-0.1, -0.05) is 26.0 Å². The maximum absolute atomic E-state index is 12.3. The van der Waals surface area contributed by atoms with E-state index in [-0.39, 0.29) is 18.4 Å². The second-order valence-corrected chi connectivity index (χ2v) is 5.67. The highest BCUT2D eigenvalue weighted by Crippen LogP contribution is 2.28. The second kappa shape index (κ2) is 7.72. The molecule has 0 radical (unpaired) electrons. The van der Waals surface area contributed by atoms with Crippen LogP contribution >= 0.6 is 0 Å². The van der Waals surface area contributed by atoms with Gasteiger partial charge < -0.3 is 24.5 Å². The first-order chi connectivity index (χ1) is 11.5. The molecule has 0 saturated carbocycles. The van der Waals surface area contributed by atoms with Gasteiger partial charge in [-0.2, -0.15) is 0 Å². The number of nitrogens with one attached hydrogen (secondary N) is 2. The van der Waals surface area contributed by atoms with Crippen LogP contribution in [-0.4, -0.2) is 32.3 Å². The van der Waals surface area contributed by atoms with Crippen LogP contribution < -0.4 is 15.4 Å². The van der Waals surface area contributed by atoms with Crippen molar-refractivity contribution in [2.75, 3.05) is 14.2 Å². The number of alkyl carbamates (subject to hydrolysis) is 1. The Morgan fingerprint density at radius 1 is 1.25 bits per heavy atom. The third-order valence-electron chi connectivity index (χ3n) is 3.62. The topological polar surface area (TPSA) is 89.8 Å². The molecule has 1 heterocycles. The third kappa shape index (κ3) is 3.98. The lowest BCUT2D eigenvalue weighted by Gasteiger charge is -2.20. The second-order valence-electron chi connectivity index (χ2n) is 5.67. The molecule has 0 saturated heterocycles. The van der Waals surface area contributed by atoms with Gasteiger partial charge in [-0.15, -0.1) is 0 Å². The summed E-state index contributed by atoms with van der Waals surface area (Å²) in [6.45, 7) is 3.89. The first-order valence-corrected chi connectivity index (χ1v) is 7.64. The van der Waals surface area contributed by atoms with Crippen molar-refractivity contribution in [1.29, 1.82) is 0 Å². The van der Waals surface area contributed by atoms with Gasteiger partial charge in [0.1, 0.15) is 11.8 Å². The van der Waals surface area contributed by atoms with E-state index in [1.807, 2.05) is 38.1 Å². The summed E-state index contributed by atoms with van der Waals surface area (Å²) in [7, 11) is 2.83. The number of ether oxygens (including phenoxy) is 2. The van der Waals surface area contributed by atoms with Crippen LogP contribution in [0.4, 0.5) is 4.79 Å². The van der Waals surface area contributed by atoms with Crippen molar-refractivity contribution in [3.63, 3.8) is 0 Å². The Morgan fingerprint density at radius 3 is 2.62 bits per heavy atom. The van der Waals surface area contributed by atoms with Crippen LogP contribution in [0.5, 0.6) is 5.75 Å². The largest absolute Gasteiger partial charge is 0.493 e. The van der Waals surface area contributed by atoms with Crippen molar-refractivity contribution in [1.82, 2.24) is 10.6 Å². The molecule has 7 nitrogen and oxygen atoms in total. The van der Waals surface area contributed by atoms with Gasteiger partial charge in [0.2, 0.25) is 5.91 Å². The maximum Gasteiger partial charge on any atom is 0.407 e. The highest BCUT2D eigenvalue weighted by atomic mass is 16.5. The van der Waals surface area contributed by atoms with Gasteiger partial charge in [-0.25, -0.2) is 4.79 Å². The molecule has 0 aliphatic rings. The van der Waals surface area contributed by atoms with Gasteiger partial charge in [0.05, 0.1) is 20.8 Å². The number of para-hydroxylation sites is 1. The van der Waals surface area contributed by atoms with Crippen LogP contribution in [0.2, 0.25) is 0 Å². The van der Waals surface area contributed by atoms with Gasteiger partial charge in [-0.05, 0) is 18.1 Å². The van der Waals surface area contributed by atoms with Crippen molar-refractivity contribution >= 4 is 23.0 Å². The number of carbonyl (C=O) groups excluding carboxylic acids is 2. The number of furan rings is 1. The number of methoxy groups -OCH3 is 2. The average Bonchev–Trinajstić information content (AvgIpc) is 2.99. The summed E-state index contributed by atoms with van der Waals surface area (Å²) in [5.74, 6) is 0.851. The Hall–Kier alpha value is -2.70. The van der Waals surface area contributed by atoms with Crippen LogP contribution in [0, 0.1) is 5.92 Å². The molecule has 2 N–H and O–H groups in total. The van der Waals surface area contributed by atoms with Crippen molar-refractivity contribution in [2.24, 2.45) is 5.92 Å². The van der Waals surface area contributed by atoms with Crippen LogP contribution in [0.25, 0.3) is 11.0 Å². The monoisotopic (exact) mass is 334 g/mol. The molecule has 2 rings (SSSR count). The summed E-state index contributed by atoms with van der Waals surface area (Å²) in [6.07, 6.45) is -0.641. The van der Waals surface area contributed by atoms with Crippen molar-refractivity contribution < 1.29 is 23.5 Å². The van der Waals surface area contributed by atoms with E-state index in [1.165, 1.54) is 7.11 Å². The lowest BCUT2D eigenvalue weighted by molar-refractivity contribution is -0.124. The normalized spacial score (nSPS) is 12.0. The molecule has 2 aromatic rings. The molecule has 2 amide bonds. The molecular weight excluding hydrogens is 312 g/mol. The minimum Gasteiger partial charge on any atom is -0.493 e. The van der Waals surface area contributed by atoms with E-state index in [2.05, 4.69) is 15.4 Å². The Morgan fingerprint density at radius 2 is 2.00 bits per heavy atom. The first kappa shape index (κ1) is 17.7. The minimum absolute atomic E-state index is 0.0835. The number of fused-ring (bicyclic) bond motifs is 1. The van der Waals surface area contributed by atoms with Crippen molar-refractivity contribution in [2.45, 2.75) is 26.4 Å². The third-order valence-corrected chi connectivity index (χ3v) is 3.62. The summed E-state index contributed by atoms with van der Waals surface area (Å²) < 4.78 is 15.5. The zero-order valence-electron chi connectivity index (χ0n) is 14.2. The predicted molar refractivity (Wildman–Crippen MR) is 88.8 cm³/mol.